The predicted molar refractivity (Wildman–Crippen MR) is 118 cm³/mol. The number of alkyl halides is 3. The second-order valence-electron chi connectivity index (χ2n) is 7.52. The lowest BCUT2D eigenvalue weighted by atomic mass is 10.2. The molecule has 3 aromatic rings. The summed E-state index contributed by atoms with van der Waals surface area (Å²) in [6.45, 7) is 6.21. The molecule has 0 atom stereocenters. The number of benzene rings is 3. The maximum Gasteiger partial charge on any atom is 0.485 e. The summed E-state index contributed by atoms with van der Waals surface area (Å²) in [4.78, 5) is 3.95. The van der Waals surface area contributed by atoms with Crippen LogP contribution in [0.15, 0.2) is 99.6 Å². The Bertz CT molecular complexity index is 1040. The van der Waals surface area contributed by atoms with Crippen LogP contribution < -0.4 is 4.74 Å². The van der Waals surface area contributed by atoms with Gasteiger partial charge in [0.05, 0.1) is 10.9 Å². The van der Waals surface area contributed by atoms with Crippen molar-refractivity contribution in [1.29, 1.82) is 0 Å². The molecular weight excluding hydrogens is 461 g/mol. The van der Waals surface area contributed by atoms with Crippen LogP contribution in [0.5, 0.6) is 5.75 Å². The average molecular weight is 485 g/mol. The highest BCUT2D eigenvalue weighted by Crippen LogP contribution is 2.32. The number of rotatable bonds is 4. The molecule has 0 saturated heterocycles. The van der Waals surface area contributed by atoms with Gasteiger partial charge in [0.1, 0.15) is 11.4 Å². The summed E-state index contributed by atoms with van der Waals surface area (Å²) in [6, 6.07) is 29.9. The first kappa shape index (κ1) is 25.8. The van der Waals surface area contributed by atoms with Gasteiger partial charge >= 0.3 is 5.51 Å². The van der Waals surface area contributed by atoms with Crippen LogP contribution in [0, 0.1) is 0 Å². The Hall–Kier alpha value is -2.49. The van der Waals surface area contributed by atoms with Gasteiger partial charge < -0.3 is 9.29 Å². The highest BCUT2D eigenvalue weighted by Gasteiger charge is 2.37. The van der Waals surface area contributed by atoms with Crippen LogP contribution >= 0.6 is 0 Å². The quantitative estimate of drug-likeness (QED) is 0.258. The van der Waals surface area contributed by atoms with Crippen LogP contribution in [0.2, 0.25) is 0 Å². The van der Waals surface area contributed by atoms with E-state index in [0.29, 0.717) is 0 Å². The predicted octanol–water partition coefficient (Wildman–Crippen LogP) is 6.01. The van der Waals surface area contributed by atoms with Crippen molar-refractivity contribution in [3.8, 4) is 5.75 Å². The van der Waals surface area contributed by atoms with E-state index in [4.69, 9.17) is 17.7 Å². The van der Waals surface area contributed by atoms with Gasteiger partial charge in [-0.1, -0.05) is 36.4 Å². The van der Waals surface area contributed by atoms with Gasteiger partial charge in [0, 0.05) is 0 Å². The van der Waals surface area contributed by atoms with Crippen LogP contribution in [-0.4, -0.2) is 24.1 Å². The Morgan fingerprint density at radius 2 is 1.06 bits per heavy atom. The van der Waals surface area contributed by atoms with Crippen molar-refractivity contribution in [3.05, 3.63) is 84.9 Å². The minimum absolute atomic E-state index is 0.102. The fraction of sp³-hybridized carbons (Fsp3) is 0.217. The van der Waals surface area contributed by atoms with E-state index < -0.39 is 15.6 Å². The third-order valence-corrected chi connectivity index (χ3v) is 6.52. The zero-order chi connectivity index (χ0) is 24.0. The third-order valence-electron chi connectivity index (χ3n) is 3.72. The van der Waals surface area contributed by atoms with Crippen molar-refractivity contribution in [2.45, 2.75) is 46.6 Å². The molecule has 0 aromatic heterocycles. The molecular formula is C23H23F3O4S2. The molecule has 0 aliphatic rings. The van der Waals surface area contributed by atoms with Crippen LogP contribution in [0.25, 0.3) is 0 Å². The summed E-state index contributed by atoms with van der Waals surface area (Å²) >= 11 is 0. The first-order valence-corrected chi connectivity index (χ1v) is 12.1. The van der Waals surface area contributed by atoms with Crippen molar-refractivity contribution in [2.75, 3.05) is 0 Å². The lowest BCUT2D eigenvalue weighted by molar-refractivity contribution is -0.0517. The fourth-order valence-electron chi connectivity index (χ4n) is 2.52. The molecule has 3 rings (SSSR count). The molecule has 0 spiro atoms. The summed E-state index contributed by atoms with van der Waals surface area (Å²) in [5, 5.41) is 0. The Morgan fingerprint density at radius 3 is 1.38 bits per heavy atom. The van der Waals surface area contributed by atoms with Crippen LogP contribution in [-0.2, 0) is 21.0 Å². The molecule has 3 aromatic carbocycles. The summed E-state index contributed by atoms with van der Waals surface area (Å²) in [5.74, 6) is 0.913. The molecule has 0 aliphatic carbocycles. The molecule has 0 aliphatic heterocycles. The van der Waals surface area contributed by atoms with E-state index in [1.165, 1.54) is 14.7 Å². The Kier molecular flexibility index (Phi) is 8.39. The van der Waals surface area contributed by atoms with Crippen molar-refractivity contribution in [1.82, 2.24) is 0 Å². The molecule has 0 unspecified atom stereocenters. The minimum atomic E-state index is -6.09. The smallest absolute Gasteiger partial charge is 0.485 e. The first-order chi connectivity index (χ1) is 14.8. The molecule has 0 radical (unpaired) electrons. The van der Waals surface area contributed by atoms with Gasteiger partial charge in [-0.3, -0.25) is 0 Å². The minimum Gasteiger partial charge on any atom is -0.741 e. The lowest BCUT2D eigenvalue weighted by Crippen LogP contribution is -2.22. The highest BCUT2D eigenvalue weighted by molar-refractivity contribution is 7.97. The van der Waals surface area contributed by atoms with Crippen molar-refractivity contribution >= 4 is 21.0 Å². The SMILES string of the molecule is CC(C)(C)Oc1ccc([S+](c2ccccc2)c2ccccc2)cc1.O=S(=O)([O-])C(F)(F)F. The topological polar surface area (TPSA) is 66.4 Å². The zero-order valence-corrected chi connectivity index (χ0v) is 19.3. The second kappa shape index (κ2) is 10.4. The molecule has 0 bridgehead atoms. The third kappa shape index (κ3) is 7.89. The summed E-state index contributed by atoms with van der Waals surface area (Å²) < 4.78 is 64.9. The van der Waals surface area contributed by atoms with Crippen molar-refractivity contribution in [2.24, 2.45) is 0 Å². The largest absolute Gasteiger partial charge is 0.741 e. The van der Waals surface area contributed by atoms with Crippen LogP contribution in [0.1, 0.15) is 20.8 Å². The number of hydrogen-bond acceptors (Lipinski definition) is 4. The molecule has 0 amide bonds. The van der Waals surface area contributed by atoms with Crippen molar-refractivity contribution in [3.63, 3.8) is 0 Å². The number of halogens is 3. The Balaban J connectivity index is 0.000000390. The summed E-state index contributed by atoms with van der Waals surface area (Å²) in [5.41, 5.74) is -5.82. The van der Waals surface area contributed by atoms with Gasteiger partial charge in [0.2, 0.25) is 0 Å². The molecule has 9 heteroatoms. The van der Waals surface area contributed by atoms with Crippen molar-refractivity contribution < 1.29 is 30.9 Å². The Morgan fingerprint density at radius 1 is 0.719 bits per heavy atom. The molecule has 0 saturated carbocycles. The summed E-state index contributed by atoms with van der Waals surface area (Å²) in [6.07, 6.45) is 0. The molecule has 172 valence electrons. The van der Waals surface area contributed by atoms with Crippen LogP contribution in [0.4, 0.5) is 13.2 Å². The molecule has 32 heavy (non-hydrogen) atoms. The van der Waals surface area contributed by atoms with Gasteiger partial charge in [-0.15, -0.1) is 0 Å². The van der Waals surface area contributed by atoms with E-state index in [-0.39, 0.29) is 16.5 Å². The van der Waals surface area contributed by atoms with E-state index in [1.54, 1.807) is 0 Å². The van der Waals surface area contributed by atoms with Crippen LogP contribution in [0.3, 0.4) is 0 Å². The lowest BCUT2D eigenvalue weighted by Gasteiger charge is -2.21. The van der Waals surface area contributed by atoms with E-state index in [9.17, 15) is 13.2 Å². The average Bonchev–Trinajstić information content (AvgIpc) is 2.69. The highest BCUT2D eigenvalue weighted by atomic mass is 32.2. The fourth-order valence-corrected chi connectivity index (χ4v) is 4.60. The van der Waals surface area contributed by atoms with Gasteiger partial charge in [-0.05, 0) is 69.3 Å². The zero-order valence-electron chi connectivity index (χ0n) is 17.7. The van der Waals surface area contributed by atoms with Gasteiger partial charge in [0.15, 0.2) is 24.8 Å². The van der Waals surface area contributed by atoms with E-state index in [1.807, 2.05) is 0 Å². The van der Waals surface area contributed by atoms with Gasteiger partial charge in [-0.2, -0.15) is 13.2 Å². The Labute approximate surface area is 189 Å². The monoisotopic (exact) mass is 484 g/mol. The standard InChI is InChI=1S/C22H23OS.CHF3O3S/c1-22(2,3)23-18-14-16-21(17-15-18)24(19-10-6-4-7-11-19)20-12-8-5-9-13-20;2-1(3,4)8(5,6)7/h4-17H,1-3H3;(H,5,6,7)/q+1;/p-1. The number of hydrogen-bond donors (Lipinski definition) is 0. The second-order valence-corrected chi connectivity index (χ2v) is 10.9. The molecule has 4 nitrogen and oxygen atoms in total. The van der Waals surface area contributed by atoms with E-state index in [0.717, 1.165) is 5.75 Å². The first-order valence-electron chi connectivity index (χ1n) is 9.43. The van der Waals surface area contributed by atoms with E-state index >= 15 is 0 Å². The normalized spacial score (nSPS) is 12.1. The number of ether oxygens (including phenoxy) is 1. The van der Waals surface area contributed by atoms with Gasteiger partial charge in [-0.25, -0.2) is 8.42 Å². The molecule has 0 N–H and O–H groups in total. The maximum absolute atomic E-state index is 10.7. The van der Waals surface area contributed by atoms with E-state index in [2.05, 4.69) is 106 Å². The molecule has 0 fully saturated rings. The van der Waals surface area contributed by atoms with Gasteiger partial charge in [0.25, 0.3) is 0 Å². The molecule has 0 heterocycles. The maximum atomic E-state index is 10.7. The summed E-state index contributed by atoms with van der Waals surface area (Å²) in [7, 11) is -6.19.